The number of para-hydroxylation sites is 2. The van der Waals surface area contributed by atoms with Crippen molar-refractivity contribution in [3.63, 3.8) is 0 Å². The Balaban J connectivity index is 1.59. The number of nitrogens with two attached hydrogens (primary N) is 2. The van der Waals surface area contributed by atoms with Crippen molar-refractivity contribution in [1.82, 2.24) is 31.2 Å². The molecule has 2 heterocycles. The predicted molar refractivity (Wildman–Crippen MR) is 191 cm³/mol. The Morgan fingerprint density at radius 2 is 1.24 bits per heavy atom. The van der Waals surface area contributed by atoms with Crippen LogP contribution in [0.25, 0.3) is 21.8 Å². The van der Waals surface area contributed by atoms with Crippen LogP contribution in [0.2, 0.25) is 0 Å². The summed E-state index contributed by atoms with van der Waals surface area (Å²) in [6, 6.07) is 10.5. The van der Waals surface area contributed by atoms with Crippen LogP contribution in [0.15, 0.2) is 60.9 Å². The van der Waals surface area contributed by atoms with Crippen molar-refractivity contribution in [1.29, 1.82) is 0 Å². The number of aliphatic carboxylic acids is 1. The molecule has 4 aromatic rings. The maximum absolute atomic E-state index is 14.1. The number of carbonyl (C=O) groups excluding carboxylic acids is 4. The van der Waals surface area contributed by atoms with Gasteiger partial charge in [0.25, 0.3) is 0 Å². The number of unbranched alkanes of at least 4 members (excludes halogenated alkanes) is 1. The lowest BCUT2D eigenvalue weighted by molar-refractivity contribution is -0.142. The Labute approximate surface area is 290 Å². The van der Waals surface area contributed by atoms with Gasteiger partial charge in [0.2, 0.25) is 23.6 Å². The largest absolute Gasteiger partial charge is 0.480 e. The van der Waals surface area contributed by atoms with E-state index in [9.17, 15) is 29.1 Å². The molecule has 2 aromatic carbocycles. The lowest BCUT2D eigenvalue weighted by Crippen LogP contribution is -2.59. The van der Waals surface area contributed by atoms with Crippen LogP contribution in [0.3, 0.4) is 0 Å². The van der Waals surface area contributed by atoms with Crippen LogP contribution < -0.4 is 32.7 Å². The molecule has 0 fully saturated rings. The zero-order valence-electron chi connectivity index (χ0n) is 28.5. The summed E-state index contributed by atoms with van der Waals surface area (Å²) in [7, 11) is 0. The fourth-order valence-corrected chi connectivity index (χ4v) is 5.95. The number of fused-ring (bicyclic) bond motifs is 2. The van der Waals surface area contributed by atoms with E-state index in [1.54, 1.807) is 12.4 Å². The minimum atomic E-state index is -1.28. The van der Waals surface area contributed by atoms with E-state index >= 15 is 0 Å². The fourth-order valence-electron chi connectivity index (χ4n) is 5.95. The molecular formula is C36H48N8O6. The average Bonchev–Trinajstić information content (AvgIpc) is 3.72. The molecule has 0 unspecified atom stereocenters. The van der Waals surface area contributed by atoms with Gasteiger partial charge in [-0.2, -0.15) is 0 Å². The number of aromatic amines is 2. The average molecular weight is 689 g/mol. The van der Waals surface area contributed by atoms with E-state index in [0.717, 1.165) is 32.9 Å². The fraction of sp³-hybridized carbons (Fsp3) is 0.417. The molecule has 0 spiro atoms. The minimum Gasteiger partial charge on any atom is -0.480 e. The van der Waals surface area contributed by atoms with Crippen molar-refractivity contribution in [2.45, 2.75) is 76.5 Å². The van der Waals surface area contributed by atoms with Crippen molar-refractivity contribution >= 4 is 51.4 Å². The summed E-state index contributed by atoms with van der Waals surface area (Å²) in [4.78, 5) is 72.3. The molecule has 5 atom stereocenters. The van der Waals surface area contributed by atoms with Crippen LogP contribution in [0.1, 0.15) is 50.7 Å². The SMILES string of the molecule is CC[C@H](C)[C@H](NC(=O)CN)C(=O)N[C@@H](Cc1c[nH]c2ccccc12)C(=O)N[C@@H](CCCCN)C(=O)N[C@@H](Cc1c[nH]c2ccccc12)C(=O)O. The molecule has 50 heavy (non-hydrogen) atoms. The van der Waals surface area contributed by atoms with Gasteiger partial charge in [-0.15, -0.1) is 0 Å². The number of carboxylic acids is 1. The highest BCUT2D eigenvalue weighted by Gasteiger charge is 2.33. The lowest BCUT2D eigenvalue weighted by Gasteiger charge is -2.28. The van der Waals surface area contributed by atoms with Crippen molar-refractivity contribution in [3.05, 3.63) is 72.1 Å². The number of amides is 4. The number of aromatic nitrogens is 2. The van der Waals surface area contributed by atoms with Gasteiger partial charge in [0.15, 0.2) is 0 Å². The third-order valence-electron chi connectivity index (χ3n) is 9.02. The van der Waals surface area contributed by atoms with Gasteiger partial charge in [0.05, 0.1) is 6.54 Å². The molecule has 2 aromatic heterocycles. The Kier molecular flexibility index (Phi) is 13.5. The predicted octanol–water partition coefficient (Wildman–Crippen LogP) is 1.59. The number of nitrogens with one attached hydrogen (secondary N) is 6. The zero-order chi connectivity index (χ0) is 36.2. The van der Waals surface area contributed by atoms with Gasteiger partial charge in [0.1, 0.15) is 24.2 Å². The van der Waals surface area contributed by atoms with Gasteiger partial charge < -0.3 is 47.8 Å². The van der Waals surface area contributed by atoms with E-state index in [4.69, 9.17) is 11.5 Å². The molecular weight excluding hydrogens is 640 g/mol. The first-order valence-corrected chi connectivity index (χ1v) is 17.0. The van der Waals surface area contributed by atoms with E-state index in [2.05, 4.69) is 31.2 Å². The van der Waals surface area contributed by atoms with E-state index < -0.39 is 53.8 Å². The van der Waals surface area contributed by atoms with E-state index in [1.807, 2.05) is 62.4 Å². The molecule has 14 nitrogen and oxygen atoms in total. The number of benzene rings is 2. The van der Waals surface area contributed by atoms with Gasteiger partial charge in [0, 0.05) is 47.0 Å². The molecule has 11 N–H and O–H groups in total. The van der Waals surface area contributed by atoms with Crippen LogP contribution in [-0.2, 0) is 36.8 Å². The first-order chi connectivity index (χ1) is 24.1. The Bertz CT molecular complexity index is 1780. The highest BCUT2D eigenvalue weighted by atomic mass is 16.4. The summed E-state index contributed by atoms with van der Waals surface area (Å²) in [5, 5.41) is 22.6. The standard InChI is InChI=1S/C36H48N8O6/c1-3-21(2)32(44-31(45)18-38)35(48)42-29(16-22-19-39-26-12-6-4-10-24(22)26)34(47)41-28(14-8-9-15-37)33(46)43-30(36(49)50)17-23-20-40-27-13-7-5-11-25(23)27/h4-7,10-13,19-21,28-30,32,39-40H,3,8-9,14-18,37-38H2,1-2H3,(H,41,47)(H,42,48)(H,43,46)(H,44,45)(H,49,50)/t21-,28-,29-,30-,32-/m0/s1. The molecule has 14 heteroatoms. The second-order valence-corrected chi connectivity index (χ2v) is 12.6. The first kappa shape index (κ1) is 37.6. The number of hydrogen-bond donors (Lipinski definition) is 9. The summed E-state index contributed by atoms with van der Waals surface area (Å²) in [6.07, 6.45) is 5.36. The maximum Gasteiger partial charge on any atom is 0.326 e. The van der Waals surface area contributed by atoms with E-state index in [-0.39, 0.29) is 31.7 Å². The molecule has 0 bridgehead atoms. The topological polar surface area (TPSA) is 237 Å². The molecule has 0 radical (unpaired) electrons. The van der Waals surface area contributed by atoms with Crippen molar-refractivity contribution in [2.24, 2.45) is 17.4 Å². The van der Waals surface area contributed by atoms with Crippen LogP contribution in [0.4, 0.5) is 0 Å². The zero-order valence-corrected chi connectivity index (χ0v) is 28.5. The quantitative estimate of drug-likeness (QED) is 0.0654. The molecule has 268 valence electrons. The third kappa shape index (κ3) is 9.70. The number of hydrogen-bond acceptors (Lipinski definition) is 7. The highest BCUT2D eigenvalue weighted by molar-refractivity contribution is 5.96. The summed E-state index contributed by atoms with van der Waals surface area (Å²) >= 11 is 0. The molecule has 0 saturated heterocycles. The van der Waals surface area contributed by atoms with Crippen LogP contribution in [0.5, 0.6) is 0 Å². The number of carboxylic acid groups (broad SMARTS) is 1. The monoisotopic (exact) mass is 688 g/mol. The van der Waals surface area contributed by atoms with Crippen molar-refractivity contribution in [2.75, 3.05) is 13.1 Å². The summed E-state index contributed by atoms with van der Waals surface area (Å²) in [5.74, 6) is -3.91. The van der Waals surface area contributed by atoms with Gasteiger partial charge in [-0.3, -0.25) is 19.2 Å². The summed E-state index contributed by atoms with van der Waals surface area (Å²) < 4.78 is 0. The van der Waals surface area contributed by atoms with Crippen LogP contribution in [-0.4, -0.2) is 81.9 Å². The van der Waals surface area contributed by atoms with E-state index in [0.29, 0.717) is 25.8 Å². The third-order valence-corrected chi connectivity index (χ3v) is 9.02. The Hall–Kier alpha value is -5.21. The maximum atomic E-state index is 14.1. The second-order valence-electron chi connectivity index (χ2n) is 12.6. The molecule has 0 aliphatic carbocycles. The molecule has 0 aliphatic heterocycles. The van der Waals surface area contributed by atoms with Crippen molar-refractivity contribution in [3.8, 4) is 0 Å². The number of carbonyl (C=O) groups is 5. The Morgan fingerprint density at radius 3 is 1.78 bits per heavy atom. The molecule has 0 aliphatic rings. The lowest BCUT2D eigenvalue weighted by atomic mass is 9.97. The van der Waals surface area contributed by atoms with Gasteiger partial charge in [-0.1, -0.05) is 56.7 Å². The van der Waals surface area contributed by atoms with Gasteiger partial charge >= 0.3 is 5.97 Å². The normalized spacial score (nSPS) is 14.3. The number of H-pyrrole nitrogens is 2. The first-order valence-electron chi connectivity index (χ1n) is 17.0. The molecule has 4 rings (SSSR count). The van der Waals surface area contributed by atoms with Crippen LogP contribution in [0, 0.1) is 5.92 Å². The van der Waals surface area contributed by atoms with E-state index in [1.165, 1.54) is 0 Å². The molecule has 0 saturated carbocycles. The second kappa shape index (κ2) is 18.0. The highest BCUT2D eigenvalue weighted by Crippen LogP contribution is 2.21. The minimum absolute atomic E-state index is 0.0132. The smallest absolute Gasteiger partial charge is 0.326 e. The summed E-state index contributed by atoms with van der Waals surface area (Å²) in [5.41, 5.74) is 14.4. The Morgan fingerprint density at radius 1 is 0.720 bits per heavy atom. The van der Waals surface area contributed by atoms with Gasteiger partial charge in [-0.05, 0) is 55.0 Å². The van der Waals surface area contributed by atoms with Crippen molar-refractivity contribution < 1.29 is 29.1 Å². The summed E-state index contributed by atoms with van der Waals surface area (Å²) in [6.45, 7) is 3.74. The number of rotatable bonds is 19. The van der Waals surface area contributed by atoms with Gasteiger partial charge in [-0.25, -0.2) is 4.79 Å². The molecule has 4 amide bonds. The van der Waals surface area contributed by atoms with Crippen LogP contribution >= 0.6 is 0 Å².